The molecule has 0 bridgehead atoms. The molecule has 1 N–H and O–H groups in total. The van der Waals surface area contributed by atoms with Crippen LogP contribution in [0.5, 0.6) is 23.0 Å². The van der Waals surface area contributed by atoms with Crippen molar-refractivity contribution in [2.24, 2.45) is 0 Å². The predicted molar refractivity (Wildman–Crippen MR) is 142 cm³/mol. The van der Waals surface area contributed by atoms with Crippen LogP contribution < -0.4 is 24.3 Å². The van der Waals surface area contributed by atoms with Gasteiger partial charge >= 0.3 is 217 Å². The first kappa shape index (κ1) is 25.4. The van der Waals surface area contributed by atoms with Gasteiger partial charge in [0.2, 0.25) is 0 Å². The molecule has 8 heteroatoms. The van der Waals surface area contributed by atoms with E-state index in [9.17, 15) is 4.79 Å². The topological polar surface area (TPSA) is 78.9 Å². The molecule has 1 aromatic heterocycles. The fourth-order valence-electron chi connectivity index (χ4n) is 3.96. The van der Waals surface area contributed by atoms with Crippen LogP contribution >= 0.6 is 0 Å². The number of anilines is 1. The van der Waals surface area contributed by atoms with Gasteiger partial charge in [0.25, 0.3) is 0 Å². The Morgan fingerprint density at radius 3 is 2.08 bits per heavy atom. The molecule has 0 saturated heterocycles. The quantitative estimate of drug-likeness (QED) is 0.293. The molecule has 4 aromatic rings. The number of methoxy groups -OCH3 is 4. The second-order valence-corrected chi connectivity index (χ2v) is 10.2. The van der Waals surface area contributed by atoms with Gasteiger partial charge in [-0.25, -0.2) is 0 Å². The van der Waals surface area contributed by atoms with Gasteiger partial charge in [-0.05, 0) is 0 Å². The Morgan fingerprint density at radius 1 is 0.833 bits per heavy atom. The number of benzene rings is 3. The molecule has 0 fully saturated rings. The molecule has 186 valence electrons. The Balaban J connectivity index is 1.90. The van der Waals surface area contributed by atoms with Crippen molar-refractivity contribution in [1.82, 2.24) is 4.98 Å². The second kappa shape index (κ2) is 11.3. The summed E-state index contributed by atoms with van der Waals surface area (Å²) in [6, 6.07) is 19.9. The number of nitrogens with zero attached hydrogens (tertiary/aromatic N) is 1. The molecule has 0 saturated carbocycles. The number of amides is 1. The molecule has 0 aliphatic rings. The van der Waals surface area contributed by atoms with Crippen LogP contribution in [0.2, 0.25) is 0 Å². The van der Waals surface area contributed by atoms with E-state index in [1.165, 1.54) is 12.5 Å². The number of aromatic nitrogens is 1. The van der Waals surface area contributed by atoms with Crippen molar-refractivity contribution < 1.29 is 23.7 Å². The number of ether oxygens (including phenoxy) is 4. The summed E-state index contributed by atoms with van der Waals surface area (Å²) in [7, 11) is 6.38. The summed E-state index contributed by atoms with van der Waals surface area (Å²) in [5.41, 5.74) is 4.48. The average Bonchev–Trinajstić information content (AvgIpc) is 3.31. The minimum absolute atomic E-state index is 0.0517. The van der Waals surface area contributed by atoms with E-state index in [1.54, 1.807) is 28.4 Å². The third-order valence-corrected chi connectivity index (χ3v) is 7.90. The van der Waals surface area contributed by atoms with Crippen LogP contribution in [0.4, 0.5) is 5.69 Å². The molecule has 7 nitrogen and oxygen atoms in total. The van der Waals surface area contributed by atoms with Crippen LogP contribution in [-0.2, 0) is 11.2 Å². The first-order valence-electron chi connectivity index (χ1n) is 11.3. The summed E-state index contributed by atoms with van der Waals surface area (Å²) in [6.07, 6.45) is 0.757. The summed E-state index contributed by atoms with van der Waals surface area (Å²) >= 11 is -0.0517. The van der Waals surface area contributed by atoms with Gasteiger partial charge in [0.05, 0.1) is 0 Å². The molecule has 4 rings (SSSR count). The van der Waals surface area contributed by atoms with Crippen LogP contribution in [0.3, 0.4) is 0 Å². The van der Waals surface area contributed by atoms with Gasteiger partial charge in [-0.15, -0.1) is 0 Å². The van der Waals surface area contributed by atoms with Crippen molar-refractivity contribution in [1.29, 1.82) is 0 Å². The van der Waals surface area contributed by atoms with E-state index in [0.717, 1.165) is 32.2 Å². The molecule has 3 aromatic carbocycles. The SMILES string of the molecule is COc1ccc(-c2nc(Cc3ccccc3)[se]c2-c2cc(OC)c(OC)c(OC)c2)cc1NC(C)=O. The monoisotopic (exact) mass is 552 g/mol. The molecule has 36 heavy (non-hydrogen) atoms. The fourth-order valence-corrected chi connectivity index (χ4v) is 6.28. The number of rotatable bonds is 9. The summed E-state index contributed by atoms with van der Waals surface area (Å²) < 4.78 is 24.4. The van der Waals surface area contributed by atoms with Gasteiger partial charge in [-0.2, -0.15) is 0 Å². The molecule has 0 aliphatic carbocycles. The summed E-state index contributed by atoms with van der Waals surface area (Å²) in [5.74, 6) is 2.12. The second-order valence-electron chi connectivity index (χ2n) is 7.96. The molecule has 0 aliphatic heterocycles. The zero-order valence-electron chi connectivity index (χ0n) is 20.9. The Labute approximate surface area is 216 Å². The zero-order valence-corrected chi connectivity index (χ0v) is 22.6. The predicted octanol–water partition coefficient (Wildman–Crippen LogP) is 5.06. The van der Waals surface area contributed by atoms with Crippen LogP contribution in [0, 0.1) is 0 Å². The number of carbonyl (C=O) groups is 1. The van der Waals surface area contributed by atoms with Crippen LogP contribution in [0.25, 0.3) is 21.3 Å². The van der Waals surface area contributed by atoms with Gasteiger partial charge < -0.3 is 0 Å². The summed E-state index contributed by atoms with van der Waals surface area (Å²) in [6.45, 7) is 1.47. The van der Waals surface area contributed by atoms with Gasteiger partial charge in [-0.3, -0.25) is 0 Å². The third-order valence-electron chi connectivity index (χ3n) is 5.58. The number of hydrogen-bond donors (Lipinski definition) is 1. The van der Waals surface area contributed by atoms with Crippen molar-refractivity contribution in [3.05, 3.63) is 70.8 Å². The average molecular weight is 552 g/mol. The number of carbonyl (C=O) groups excluding carboxylic acids is 1. The Morgan fingerprint density at radius 2 is 1.50 bits per heavy atom. The summed E-state index contributed by atoms with van der Waals surface area (Å²) in [4.78, 5) is 16.9. The van der Waals surface area contributed by atoms with Crippen molar-refractivity contribution in [2.45, 2.75) is 13.3 Å². The molecule has 1 heterocycles. The minimum atomic E-state index is -0.173. The van der Waals surface area contributed by atoms with E-state index < -0.39 is 0 Å². The van der Waals surface area contributed by atoms with Crippen LogP contribution in [0.15, 0.2) is 60.7 Å². The molecular weight excluding hydrogens is 523 g/mol. The van der Waals surface area contributed by atoms with Crippen molar-refractivity contribution in [2.75, 3.05) is 33.8 Å². The molecular formula is C28H28N2O5Se. The number of hydrogen-bond acceptors (Lipinski definition) is 6. The Kier molecular flexibility index (Phi) is 7.98. The first-order chi connectivity index (χ1) is 17.5. The molecule has 0 unspecified atom stereocenters. The van der Waals surface area contributed by atoms with Crippen LogP contribution in [-0.4, -0.2) is 53.8 Å². The van der Waals surface area contributed by atoms with Gasteiger partial charge in [0.15, 0.2) is 0 Å². The summed E-state index contributed by atoms with van der Waals surface area (Å²) in [5, 5.41) is 2.86. The number of nitrogens with one attached hydrogen (secondary N) is 1. The van der Waals surface area contributed by atoms with Crippen LogP contribution in [0.1, 0.15) is 17.1 Å². The van der Waals surface area contributed by atoms with E-state index in [1.807, 2.05) is 48.5 Å². The molecule has 0 spiro atoms. The van der Waals surface area contributed by atoms with Gasteiger partial charge in [0, 0.05) is 0 Å². The van der Waals surface area contributed by atoms with E-state index in [0.29, 0.717) is 28.7 Å². The van der Waals surface area contributed by atoms with Crippen molar-refractivity contribution in [3.63, 3.8) is 0 Å². The van der Waals surface area contributed by atoms with Gasteiger partial charge in [-0.1, -0.05) is 0 Å². The Hall–Kier alpha value is -3.74. The third kappa shape index (κ3) is 5.40. The molecule has 0 atom stereocenters. The Bertz CT molecular complexity index is 1340. The first-order valence-corrected chi connectivity index (χ1v) is 13.0. The standard InChI is InChI=1S/C28H28N2O5Se/c1-17(31)29-21-14-19(11-12-22(21)32-2)26-28(36-25(30-26)13-18-9-7-6-8-10-18)20-15-23(33-3)27(35-5)24(16-20)34-4/h6-12,14-16H,13H2,1-5H3,(H,29,31). The normalized spacial score (nSPS) is 10.6. The van der Waals surface area contributed by atoms with E-state index in [2.05, 4.69) is 17.4 Å². The maximum absolute atomic E-state index is 11.8. The molecule has 0 radical (unpaired) electrons. The molecule has 1 amide bonds. The van der Waals surface area contributed by atoms with E-state index in [-0.39, 0.29) is 20.4 Å². The van der Waals surface area contributed by atoms with Gasteiger partial charge in [0.1, 0.15) is 0 Å². The van der Waals surface area contributed by atoms with Crippen molar-refractivity contribution in [3.8, 4) is 44.3 Å². The maximum atomic E-state index is 11.8. The van der Waals surface area contributed by atoms with E-state index in [4.69, 9.17) is 23.9 Å². The fraction of sp³-hybridized carbons (Fsp3) is 0.214. The zero-order chi connectivity index (χ0) is 25.7. The van der Waals surface area contributed by atoms with Crippen molar-refractivity contribution >= 4 is 26.1 Å². The van der Waals surface area contributed by atoms with E-state index >= 15 is 0 Å².